The molecule has 1 aromatic carbocycles. The summed E-state index contributed by atoms with van der Waals surface area (Å²) in [7, 11) is 0. The van der Waals surface area contributed by atoms with E-state index in [-0.39, 0.29) is 0 Å². The summed E-state index contributed by atoms with van der Waals surface area (Å²) in [6.45, 7) is 1.60. The first-order valence-electron chi connectivity index (χ1n) is 6.85. The molecule has 2 atom stereocenters. The third-order valence-electron chi connectivity index (χ3n) is 4.13. The Morgan fingerprint density at radius 1 is 1.32 bits per heavy atom. The number of morpholine rings is 1. The summed E-state index contributed by atoms with van der Waals surface area (Å²) in [5.41, 5.74) is 8.11. The van der Waals surface area contributed by atoms with E-state index in [0.717, 1.165) is 37.1 Å². The van der Waals surface area contributed by atoms with E-state index in [1.165, 1.54) is 6.42 Å². The maximum atomic E-state index is 5.88. The summed E-state index contributed by atoms with van der Waals surface area (Å²) >= 11 is 0. The van der Waals surface area contributed by atoms with Crippen LogP contribution in [0.5, 0.6) is 0 Å². The van der Waals surface area contributed by atoms with E-state index in [9.17, 15) is 0 Å². The van der Waals surface area contributed by atoms with Gasteiger partial charge in [-0.2, -0.15) is 4.98 Å². The van der Waals surface area contributed by atoms with Crippen molar-refractivity contribution in [1.82, 2.24) is 4.98 Å². The molecule has 1 aromatic heterocycles. The van der Waals surface area contributed by atoms with E-state index in [1.807, 2.05) is 18.2 Å². The molecule has 0 radical (unpaired) electrons. The molecule has 19 heavy (non-hydrogen) atoms. The summed E-state index contributed by atoms with van der Waals surface area (Å²) in [6, 6.07) is 6.72. The molecule has 2 aromatic rings. The number of ether oxygens (including phenoxy) is 1. The molecule has 2 fully saturated rings. The lowest BCUT2D eigenvalue weighted by Crippen LogP contribution is -2.48. The normalized spacial score (nSPS) is 26.8. The number of rotatable bonds is 1. The number of oxazole rings is 1. The third-order valence-corrected chi connectivity index (χ3v) is 4.13. The standard InChI is InChI=1S/C14H17N3O2/c15-9-4-5-10-13(8-9)19-14(16-10)17-6-7-18-12-3-1-2-11(12)17/h4-5,8,11-12H,1-3,6-7,15H2. The Kier molecular flexibility index (Phi) is 2.41. The summed E-state index contributed by atoms with van der Waals surface area (Å²) in [5.74, 6) is 0. The van der Waals surface area contributed by atoms with Crippen LogP contribution < -0.4 is 10.6 Å². The number of hydrogen-bond donors (Lipinski definition) is 1. The fourth-order valence-corrected chi connectivity index (χ4v) is 3.22. The lowest BCUT2D eigenvalue weighted by molar-refractivity contribution is 0.0237. The van der Waals surface area contributed by atoms with Crippen LogP contribution in [0.15, 0.2) is 22.6 Å². The van der Waals surface area contributed by atoms with Gasteiger partial charge >= 0.3 is 0 Å². The second-order valence-electron chi connectivity index (χ2n) is 5.32. The highest BCUT2D eigenvalue weighted by Gasteiger charge is 2.38. The van der Waals surface area contributed by atoms with Gasteiger partial charge in [-0.3, -0.25) is 0 Å². The molecule has 0 bridgehead atoms. The van der Waals surface area contributed by atoms with E-state index < -0.39 is 0 Å². The molecule has 2 aliphatic rings. The maximum Gasteiger partial charge on any atom is 0.298 e. The van der Waals surface area contributed by atoms with Crippen molar-refractivity contribution in [2.24, 2.45) is 0 Å². The van der Waals surface area contributed by atoms with Gasteiger partial charge in [0.2, 0.25) is 0 Å². The minimum atomic E-state index is 0.342. The monoisotopic (exact) mass is 259 g/mol. The van der Waals surface area contributed by atoms with Crippen molar-refractivity contribution in [2.45, 2.75) is 31.4 Å². The van der Waals surface area contributed by atoms with Crippen molar-refractivity contribution < 1.29 is 9.15 Å². The van der Waals surface area contributed by atoms with E-state index in [0.29, 0.717) is 23.8 Å². The van der Waals surface area contributed by atoms with Crippen LogP contribution in [0, 0.1) is 0 Å². The van der Waals surface area contributed by atoms with E-state index in [2.05, 4.69) is 9.88 Å². The second-order valence-corrected chi connectivity index (χ2v) is 5.32. The number of hydrogen-bond acceptors (Lipinski definition) is 5. The summed E-state index contributed by atoms with van der Waals surface area (Å²) < 4.78 is 11.7. The van der Waals surface area contributed by atoms with Crippen LogP contribution in [0.4, 0.5) is 11.7 Å². The van der Waals surface area contributed by atoms with Gasteiger partial charge in [-0.1, -0.05) is 0 Å². The van der Waals surface area contributed by atoms with Crippen molar-refractivity contribution in [3.63, 3.8) is 0 Å². The zero-order valence-electron chi connectivity index (χ0n) is 10.7. The predicted octanol–water partition coefficient (Wildman–Crippen LogP) is 2.17. The summed E-state index contributed by atoms with van der Waals surface area (Å²) in [5, 5.41) is 0. The Hall–Kier alpha value is -1.75. The maximum absolute atomic E-state index is 5.88. The van der Waals surface area contributed by atoms with Gasteiger partial charge in [0.1, 0.15) is 5.52 Å². The van der Waals surface area contributed by atoms with Crippen LogP contribution in [0.1, 0.15) is 19.3 Å². The molecule has 1 aliphatic carbocycles. The zero-order chi connectivity index (χ0) is 12.8. The summed E-state index contributed by atoms with van der Waals surface area (Å²) in [6.07, 6.45) is 3.87. The Bertz CT molecular complexity index is 610. The highest BCUT2D eigenvalue weighted by Crippen LogP contribution is 2.34. The van der Waals surface area contributed by atoms with Crippen molar-refractivity contribution in [1.29, 1.82) is 0 Å². The minimum Gasteiger partial charge on any atom is -0.423 e. The molecule has 1 saturated heterocycles. The van der Waals surface area contributed by atoms with Crippen LogP contribution in [0.3, 0.4) is 0 Å². The number of aromatic nitrogens is 1. The van der Waals surface area contributed by atoms with Crippen molar-refractivity contribution in [3.8, 4) is 0 Å². The molecule has 100 valence electrons. The molecule has 2 heterocycles. The molecule has 5 nitrogen and oxygen atoms in total. The Balaban J connectivity index is 1.72. The number of benzene rings is 1. The predicted molar refractivity (Wildman–Crippen MR) is 73.1 cm³/mol. The van der Waals surface area contributed by atoms with Gasteiger partial charge in [0.05, 0.1) is 18.8 Å². The molecule has 1 aliphatic heterocycles. The number of nitrogens with two attached hydrogens (primary N) is 1. The number of anilines is 2. The first-order valence-corrected chi connectivity index (χ1v) is 6.85. The van der Waals surface area contributed by atoms with Crippen LogP contribution in [0.25, 0.3) is 11.1 Å². The zero-order valence-corrected chi connectivity index (χ0v) is 10.7. The van der Waals surface area contributed by atoms with Crippen molar-refractivity contribution >= 4 is 22.8 Å². The fourth-order valence-electron chi connectivity index (χ4n) is 3.22. The molecule has 5 heteroatoms. The lowest BCUT2D eigenvalue weighted by atomic mass is 10.1. The van der Waals surface area contributed by atoms with E-state index >= 15 is 0 Å². The number of nitrogens with zero attached hydrogens (tertiary/aromatic N) is 2. The lowest BCUT2D eigenvalue weighted by Gasteiger charge is -2.36. The quantitative estimate of drug-likeness (QED) is 0.795. The molecule has 2 N–H and O–H groups in total. The largest absolute Gasteiger partial charge is 0.423 e. The Labute approximate surface area is 111 Å². The SMILES string of the molecule is Nc1ccc2nc(N3CCOC4CCCC43)oc2c1. The topological polar surface area (TPSA) is 64.5 Å². The van der Waals surface area contributed by atoms with Crippen LogP contribution in [0.2, 0.25) is 0 Å². The van der Waals surface area contributed by atoms with Gasteiger partial charge in [-0.25, -0.2) is 0 Å². The van der Waals surface area contributed by atoms with Crippen LogP contribution in [-0.4, -0.2) is 30.3 Å². The van der Waals surface area contributed by atoms with Gasteiger partial charge in [0.15, 0.2) is 5.58 Å². The molecule has 2 unspecified atom stereocenters. The van der Waals surface area contributed by atoms with Gasteiger partial charge < -0.3 is 19.8 Å². The van der Waals surface area contributed by atoms with E-state index in [1.54, 1.807) is 0 Å². The third kappa shape index (κ3) is 1.76. The fraction of sp³-hybridized carbons (Fsp3) is 0.500. The molecular formula is C14H17N3O2. The van der Waals surface area contributed by atoms with Crippen molar-refractivity contribution in [2.75, 3.05) is 23.8 Å². The van der Waals surface area contributed by atoms with E-state index in [4.69, 9.17) is 14.9 Å². The van der Waals surface area contributed by atoms with Gasteiger partial charge in [0, 0.05) is 18.3 Å². The molecule has 1 saturated carbocycles. The Morgan fingerprint density at radius 3 is 3.21 bits per heavy atom. The minimum absolute atomic E-state index is 0.342. The van der Waals surface area contributed by atoms with Gasteiger partial charge in [-0.15, -0.1) is 0 Å². The number of nitrogen functional groups attached to an aromatic ring is 1. The van der Waals surface area contributed by atoms with Gasteiger partial charge in [0.25, 0.3) is 6.01 Å². The highest BCUT2D eigenvalue weighted by atomic mass is 16.5. The average Bonchev–Trinajstić information content (AvgIpc) is 3.03. The smallest absolute Gasteiger partial charge is 0.298 e. The Morgan fingerprint density at radius 2 is 2.26 bits per heavy atom. The second kappa shape index (κ2) is 4.13. The van der Waals surface area contributed by atoms with Crippen LogP contribution in [-0.2, 0) is 4.74 Å². The van der Waals surface area contributed by atoms with Gasteiger partial charge in [-0.05, 0) is 31.4 Å². The first-order chi connectivity index (χ1) is 9.31. The molecular weight excluding hydrogens is 242 g/mol. The molecule has 4 rings (SSSR count). The average molecular weight is 259 g/mol. The molecule has 0 spiro atoms. The summed E-state index contributed by atoms with van der Waals surface area (Å²) in [4.78, 5) is 6.85. The van der Waals surface area contributed by atoms with Crippen molar-refractivity contribution in [3.05, 3.63) is 18.2 Å². The highest BCUT2D eigenvalue weighted by molar-refractivity contribution is 5.78. The molecule has 0 amide bonds. The first kappa shape index (κ1) is 11.1. The number of fused-ring (bicyclic) bond motifs is 2. The van der Waals surface area contributed by atoms with Crippen LogP contribution >= 0.6 is 0 Å².